The van der Waals surface area contributed by atoms with Crippen molar-refractivity contribution >= 4 is 23.8 Å². The number of aliphatic carboxylic acids is 1. The second-order valence-corrected chi connectivity index (χ2v) is 9.25. The van der Waals surface area contributed by atoms with E-state index in [1.54, 1.807) is 0 Å². The van der Waals surface area contributed by atoms with Crippen molar-refractivity contribution in [2.24, 2.45) is 17.6 Å². The molecule has 0 aliphatic carbocycles. The van der Waals surface area contributed by atoms with Gasteiger partial charge < -0.3 is 36.4 Å². The van der Waals surface area contributed by atoms with Crippen molar-refractivity contribution < 1.29 is 52.4 Å². The van der Waals surface area contributed by atoms with Crippen molar-refractivity contribution in [3.05, 3.63) is 0 Å². The van der Waals surface area contributed by atoms with Crippen LogP contribution in [0.3, 0.4) is 0 Å². The lowest BCUT2D eigenvalue weighted by molar-refractivity contribution is -0.192. The molecular formula is C22H40F3N3O8. The number of carboxylic acids is 1. The predicted molar refractivity (Wildman–Crippen MR) is 123 cm³/mol. The molecule has 7 N–H and O–H groups in total. The number of aliphatic hydroxyl groups is 2. The molecule has 14 heteroatoms. The average molecular weight is 532 g/mol. The first-order valence-electron chi connectivity index (χ1n) is 11.4. The molecule has 0 aliphatic heterocycles. The molecule has 0 aromatic rings. The molecule has 0 rings (SSSR count). The highest BCUT2D eigenvalue weighted by molar-refractivity contribution is 5.87. The second kappa shape index (κ2) is 17.1. The number of ether oxygens (including phenoxy) is 1. The van der Waals surface area contributed by atoms with Gasteiger partial charge >= 0.3 is 18.1 Å². The summed E-state index contributed by atoms with van der Waals surface area (Å²) < 4.78 is 36.3. The smallest absolute Gasteiger partial charge is 0.475 e. The van der Waals surface area contributed by atoms with E-state index in [0.29, 0.717) is 18.8 Å². The van der Waals surface area contributed by atoms with Gasteiger partial charge in [0.1, 0.15) is 6.04 Å². The third-order valence-electron chi connectivity index (χ3n) is 4.77. The first-order chi connectivity index (χ1) is 16.3. The van der Waals surface area contributed by atoms with Gasteiger partial charge in [-0.05, 0) is 31.6 Å². The van der Waals surface area contributed by atoms with Crippen molar-refractivity contribution in [3.63, 3.8) is 0 Å². The fourth-order valence-corrected chi connectivity index (χ4v) is 2.93. The summed E-state index contributed by atoms with van der Waals surface area (Å²) >= 11 is 0. The van der Waals surface area contributed by atoms with E-state index in [4.69, 9.17) is 15.6 Å². The topological polar surface area (TPSA) is 188 Å². The molecular weight excluding hydrogens is 491 g/mol. The Labute approximate surface area is 208 Å². The van der Waals surface area contributed by atoms with Crippen LogP contribution in [0.25, 0.3) is 0 Å². The number of hydrogen-bond donors (Lipinski definition) is 6. The van der Waals surface area contributed by atoms with Crippen molar-refractivity contribution in [3.8, 4) is 0 Å². The predicted octanol–water partition coefficient (Wildman–Crippen LogP) is 0.704. The summed E-state index contributed by atoms with van der Waals surface area (Å²) in [6, 6.07) is -2.06. The molecule has 0 spiro atoms. The number of hydrogen-bond acceptors (Lipinski definition) is 8. The van der Waals surface area contributed by atoms with E-state index in [9.17, 15) is 37.8 Å². The molecule has 11 nitrogen and oxygen atoms in total. The number of methoxy groups -OCH3 is 1. The number of alkyl halides is 3. The van der Waals surface area contributed by atoms with Gasteiger partial charge in [0.2, 0.25) is 11.8 Å². The Morgan fingerprint density at radius 1 is 0.889 bits per heavy atom. The van der Waals surface area contributed by atoms with Crippen molar-refractivity contribution in [1.82, 2.24) is 10.6 Å². The molecule has 212 valence electrons. The summed E-state index contributed by atoms with van der Waals surface area (Å²) in [7, 11) is 1.23. The lowest BCUT2D eigenvalue weighted by Crippen LogP contribution is -2.52. The van der Waals surface area contributed by atoms with Crippen LogP contribution in [0.5, 0.6) is 0 Å². The maximum atomic E-state index is 12.5. The number of esters is 1. The van der Waals surface area contributed by atoms with E-state index in [2.05, 4.69) is 15.4 Å². The zero-order valence-electron chi connectivity index (χ0n) is 21.5. The Kier molecular flexibility index (Phi) is 16.9. The van der Waals surface area contributed by atoms with Crippen molar-refractivity contribution in [2.45, 2.75) is 96.8 Å². The molecule has 5 atom stereocenters. The van der Waals surface area contributed by atoms with Crippen molar-refractivity contribution in [1.29, 1.82) is 0 Å². The fourth-order valence-electron chi connectivity index (χ4n) is 2.93. The maximum absolute atomic E-state index is 12.5. The lowest BCUT2D eigenvalue weighted by Gasteiger charge is -2.27. The van der Waals surface area contributed by atoms with Gasteiger partial charge in [0.25, 0.3) is 0 Å². The van der Waals surface area contributed by atoms with E-state index in [1.807, 2.05) is 27.7 Å². The second-order valence-electron chi connectivity index (χ2n) is 9.25. The molecule has 0 radical (unpaired) electrons. The van der Waals surface area contributed by atoms with E-state index in [-0.39, 0.29) is 18.8 Å². The quantitative estimate of drug-likeness (QED) is 0.186. The van der Waals surface area contributed by atoms with Gasteiger partial charge in [-0.25, -0.2) is 4.79 Å². The third kappa shape index (κ3) is 17.1. The molecule has 0 aromatic heterocycles. The van der Waals surface area contributed by atoms with Gasteiger partial charge in [0.05, 0.1) is 38.2 Å². The molecule has 0 saturated carbocycles. The summed E-state index contributed by atoms with van der Waals surface area (Å²) in [4.78, 5) is 44.9. The fraction of sp³-hybridized carbons (Fsp3) is 0.818. The summed E-state index contributed by atoms with van der Waals surface area (Å²) in [5.41, 5.74) is 5.88. The summed E-state index contributed by atoms with van der Waals surface area (Å²) in [5.74, 6) is -3.86. The molecule has 0 bridgehead atoms. The van der Waals surface area contributed by atoms with E-state index in [0.717, 1.165) is 0 Å². The van der Waals surface area contributed by atoms with Gasteiger partial charge in [-0.15, -0.1) is 0 Å². The van der Waals surface area contributed by atoms with E-state index < -0.39 is 60.3 Å². The van der Waals surface area contributed by atoms with Gasteiger partial charge in [0, 0.05) is 6.04 Å². The number of nitrogens with two attached hydrogens (primary N) is 1. The van der Waals surface area contributed by atoms with Gasteiger partial charge in [-0.3, -0.25) is 14.4 Å². The number of carboxylic acid groups (broad SMARTS) is 1. The lowest BCUT2D eigenvalue weighted by atomic mass is 9.97. The van der Waals surface area contributed by atoms with Gasteiger partial charge in [-0.1, -0.05) is 27.7 Å². The highest BCUT2D eigenvalue weighted by Crippen LogP contribution is 2.13. The Morgan fingerprint density at radius 2 is 1.36 bits per heavy atom. The highest BCUT2D eigenvalue weighted by atomic mass is 19.4. The largest absolute Gasteiger partial charge is 0.490 e. The molecule has 0 fully saturated rings. The van der Waals surface area contributed by atoms with Gasteiger partial charge in [0.15, 0.2) is 0 Å². The number of aliphatic hydroxyl groups excluding tert-OH is 2. The minimum Gasteiger partial charge on any atom is -0.475 e. The summed E-state index contributed by atoms with van der Waals surface area (Å²) in [5, 5.41) is 32.7. The summed E-state index contributed by atoms with van der Waals surface area (Å²) in [6.45, 7) is 9.31. The minimum absolute atomic E-state index is 0.162. The van der Waals surface area contributed by atoms with Crippen LogP contribution in [-0.4, -0.2) is 82.7 Å². The Bertz CT molecular complexity index is 705. The van der Waals surface area contributed by atoms with Crippen molar-refractivity contribution in [2.75, 3.05) is 7.11 Å². The number of amides is 2. The number of nitrogens with one attached hydrogen (secondary N) is 2. The molecule has 0 aromatic carbocycles. The normalized spacial score (nSPS) is 15.6. The van der Waals surface area contributed by atoms with Crippen LogP contribution < -0.4 is 16.4 Å². The van der Waals surface area contributed by atoms with E-state index >= 15 is 0 Å². The third-order valence-corrected chi connectivity index (χ3v) is 4.77. The number of halogens is 3. The molecule has 36 heavy (non-hydrogen) atoms. The van der Waals surface area contributed by atoms with Gasteiger partial charge in [-0.2, -0.15) is 13.2 Å². The number of carbonyl (C=O) groups excluding carboxylic acids is 3. The zero-order valence-corrected chi connectivity index (χ0v) is 21.5. The Balaban J connectivity index is 0. The van der Waals surface area contributed by atoms with Crippen LogP contribution in [0.2, 0.25) is 0 Å². The number of carbonyl (C=O) groups is 4. The van der Waals surface area contributed by atoms with Crippen LogP contribution in [0.1, 0.15) is 60.3 Å². The molecule has 0 saturated heterocycles. The molecule has 0 unspecified atom stereocenters. The Hall–Kier alpha value is -2.45. The van der Waals surface area contributed by atoms with Crippen LogP contribution in [-0.2, 0) is 23.9 Å². The molecule has 2 amide bonds. The van der Waals surface area contributed by atoms with Crippen LogP contribution in [0.4, 0.5) is 13.2 Å². The zero-order chi connectivity index (χ0) is 28.8. The molecule has 0 aliphatic rings. The molecule has 0 heterocycles. The standard InChI is InChI=1S/C20H39N3O6.C2HF3O2/c1-11(2)7-14(21)16(24)9-18(26)22-13(5)20(28)23-15(8-12(3)4)17(25)10-19(27)29-6;3-2(4,5)1(6)7/h11-17,24-25H,7-10,21H2,1-6H3,(H,22,26)(H,23,28);(H,6,7)/t13-,14-,15-,16-,17-;/m0./s1. The maximum Gasteiger partial charge on any atom is 0.490 e. The minimum atomic E-state index is -5.08. The SMILES string of the molecule is COC(=O)C[C@H](O)[C@H](CC(C)C)NC(=O)[C@H](C)NC(=O)C[C@H](O)[C@@H](N)CC(C)C.O=C(O)C(F)(F)F. The van der Waals surface area contributed by atoms with Crippen LogP contribution in [0, 0.1) is 11.8 Å². The highest BCUT2D eigenvalue weighted by Gasteiger charge is 2.38. The summed E-state index contributed by atoms with van der Waals surface area (Å²) in [6.07, 6.45) is -6.59. The van der Waals surface area contributed by atoms with E-state index in [1.165, 1.54) is 14.0 Å². The number of rotatable bonds is 13. The monoisotopic (exact) mass is 531 g/mol. The first-order valence-corrected chi connectivity index (χ1v) is 11.4. The average Bonchev–Trinajstić information content (AvgIpc) is 2.71. The first kappa shape index (κ1) is 35.7. The van der Waals surface area contributed by atoms with Crippen LogP contribution in [0.15, 0.2) is 0 Å². The Morgan fingerprint density at radius 3 is 1.75 bits per heavy atom. The van der Waals surface area contributed by atoms with Crippen LogP contribution >= 0.6 is 0 Å².